The predicted octanol–water partition coefficient (Wildman–Crippen LogP) is 2.21. The van der Waals surface area contributed by atoms with Gasteiger partial charge in [0.2, 0.25) is 0 Å². The summed E-state index contributed by atoms with van der Waals surface area (Å²) in [6, 6.07) is 3.04. The average Bonchev–Trinajstić information content (AvgIpc) is 2.37. The molecule has 106 valence electrons. The molecule has 1 fully saturated rings. The van der Waals surface area contributed by atoms with Crippen molar-refractivity contribution in [3.63, 3.8) is 0 Å². The summed E-state index contributed by atoms with van der Waals surface area (Å²) in [7, 11) is 1.68. The highest BCUT2D eigenvalue weighted by Crippen LogP contribution is 2.15. The number of nitrogens with zero attached hydrogens (tertiary/aromatic N) is 1. The van der Waals surface area contributed by atoms with Crippen molar-refractivity contribution in [2.24, 2.45) is 0 Å². The number of hydrogen-bond donors (Lipinski definition) is 1. The van der Waals surface area contributed by atoms with Crippen molar-refractivity contribution in [1.29, 1.82) is 0 Å². The highest BCUT2D eigenvalue weighted by atomic mass is 35.5. The fraction of sp³-hybridized carbons (Fsp3) is 0.462. The summed E-state index contributed by atoms with van der Waals surface area (Å²) in [5, 5.41) is 3.21. The monoisotopic (exact) mass is 290 g/mol. The van der Waals surface area contributed by atoms with Crippen molar-refractivity contribution >= 4 is 18.3 Å². The molecule has 1 amide bonds. The summed E-state index contributed by atoms with van der Waals surface area (Å²) in [5.74, 6) is -1.78. The molecule has 0 bridgehead atoms. The van der Waals surface area contributed by atoms with Crippen molar-refractivity contribution < 1.29 is 13.6 Å². The van der Waals surface area contributed by atoms with Crippen molar-refractivity contribution in [3.05, 3.63) is 35.4 Å². The van der Waals surface area contributed by atoms with E-state index in [9.17, 15) is 13.6 Å². The van der Waals surface area contributed by atoms with Crippen LogP contribution in [0.25, 0.3) is 0 Å². The highest BCUT2D eigenvalue weighted by molar-refractivity contribution is 5.94. The van der Waals surface area contributed by atoms with Crippen LogP contribution >= 0.6 is 12.4 Å². The lowest BCUT2D eigenvalue weighted by atomic mass is 10.0. The van der Waals surface area contributed by atoms with Gasteiger partial charge in [-0.25, -0.2) is 8.78 Å². The molecule has 1 aromatic rings. The Labute approximate surface area is 117 Å². The van der Waals surface area contributed by atoms with Crippen molar-refractivity contribution in [2.75, 3.05) is 20.1 Å². The summed E-state index contributed by atoms with van der Waals surface area (Å²) in [6.07, 6.45) is 1.72. The predicted molar refractivity (Wildman–Crippen MR) is 71.6 cm³/mol. The molecule has 1 aliphatic rings. The molecular formula is C13H17ClF2N2O. The maximum Gasteiger partial charge on any atom is 0.254 e. The van der Waals surface area contributed by atoms with Crippen LogP contribution in [-0.4, -0.2) is 37.0 Å². The molecule has 0 saturated carbocycles. The van der Waals surface area contributed by atoms with Crippen LogP contribution < -0.4 is 5.32 Å². The maximum atomic E-state index is 13.1. The van der Waals surface area contributed by atoms with E-state index in [1.54, 1.807) is 11.9 Å². The third kappa shape index (κ3) is 3.88. The molecule has 6 heteroatoms. The maximum absolute atomic E-state index is 13.1. The lowest BCUT2D eigenvalue weighted by molar-refractivity contribution is 0.0702. The van der Waals surface area contributed by atoms with E-state index in [1.807, 2.05) is 0 Å². The first kappa shape index (κ1) is 15.9. The SMILES string of the molecule is CN(C(=O)c1cc(F)cc(F)c1)C1CCNCC1.Cl. The number of halogens is 3. The van der Waals surface area contributed by atoms with Gasteiger partial charge in [-0.05, 0) is 38.1 Å². The number of carbonyl (C=O) groups is 1. The van der Waals surface area contributed by atoms with E-state index >= 15 is 0 Å². The van der Waals surface area contributed by atoms with Gasteiger partial charge in [-0.3, -0.25) is 4.79 Å². The molecular weight excluding hydrogens is 274 g/mol. The standard InChI is InChI=1S/C13H16F2N2O.ClH/c1-17(12-2-4-16-5-3-12)13(18)9-6-10(14)8-11(15)7-9;/h6-8,12,16H,2-5H2,1H3;1H. The van der Waals surface area contributed by atoms with Crippen LogP contribution in [0.15, 0.2) is 18.2 Å². The minimum atomic E-state index is -0.725. The number of carbonyl (C=O) groups excluding carboxylic acids is 1. The Hall–Kier alpha value is -1.20. The second-order valence-corrected chi connectivity index (χ2v) is 4.56. The van der Waals surface area contributed by atoms with E-state index in [0.717, 1.165) is 44.1 Å². The van der Waals surface area contributed by atoms with E-state index in [1.165, 1.54) is 0 Å². The second-order valence-electron chi connectivity index (χ2n) is 4.56. The molecule has 1 heterocycles. The van der Waals surface area contributed by atoms with E-state index in [4.69, 9.17) is 0 Å². The fourth-order valence-electron chi connectivity index (χ4n) is 2.24. The summed E-state index contributed by atoms with van der Waals surface area (Å²) < 4.78 is 26.1. The molecule has 1 aromatic carbocycles. The molecule has 1 aliphatic heterocycles. The van der Waals surface area contributed by atoms with Crippen molar-refractivity contribution in [2.45, 2.75) is 18.9 Å². The molecule has 0 spiro atoms. The normalized spacial score (nSPS) is 15.7. The first-order valence-electron chi connectivity index (χ1n) is 6.02. The smallest absolute Gasteiger partial charge is 0.254 e. The Bertz CT molecular complexity index is 430. The Morgan fingerprint density at radius 2 is 1.74 bits per heavy atom. The van der Waals surface area contributed by atoms with Gasteiger partial charge in [-0.1, -0.05) is 0 Å². The van der Waals surface area contributed by atoms with Crippen LogP contribution in [-0.2, 0) is 0 Å². The molecule has 0 aromatic heterocycles. The van der Waals surface area contributed by atoms with Gasteiger partial charge in [0.05, 0.1) is 0 Å². The van der Waals surface area contributed by atoms with Gasteiger partial charge >= 0.3 is 0 Å². The Balaban J connectivity index is 0.00000180. The topological polar surface area (TPSA) is 32.3 Å². The molecule has 1 N–H and O–H groups in total. The lowest BCUT2D eigenvalue weighted by Crippen LogP contribution is -2.44. The minimum absolute atomic E-state index is 0. The summed E-state index contributed by atoms with van der Waals surface area (Å²) in [4.78, 5) is 13.7. The van der Waals surface area contributed by atoms with E-state index in [2.05, 4.69) is 5.32 Å². The van der Waals surface area contributed by atoms with Gasteiger partial charge in [-0.2, -0.15) is 0 Å². The molecule has 2 rings (SSSR count). The van der Waals surface area contributed by atoms with Crippen molar-refractivity contribution in [1.82, 2.24) is 10.2 Å². The number of hydrogen-bond acceptors (Lipinski definition) is 2. The van der Waals surface area contributed by atoms with Gasteiger partial charge in [0.15, 0.2) is 0 Å². The van der Waals surface area contributed by atoms with E-state index < -0.39 is 11.6 Å². The molecule has 0 atom stereocenters. The third-order valence-electron chi connectivity index (χ3n) is 3.29. The third-order valence-corrected chi connectivity index (χ3v) is 3.29. The molecule has 3 nitrogen and oxygen atoms in total. The zero-order chi connectivity index (χ0) is 13.1. The van der Waals surface area contributed by atoms with Crippen LogP contribution in [0.1, 0.15) is 23.2 Å². The van der Waals surface area contributed by atoms with Crippen LogP contribution in [0.2, 0.25) is 0 Å². The first-order valence-corrected chi connectivity index (χ1v) is 6.02. The quantitative estimate of drug-likeness (QED) is 0.906. The van der Waals surface area contributed by atoms with Crippen LogP contribution in [0.5, 0.6) is 0 Å². The van der Waals surface area contributed by atoms with E-state index in [-0.39, 0.29) is 29.9 Å². The number of rotatable bonds is 2. The Morgan fingerprint density at radius 3 is 2.26 bits per heavy atom. The van der Waals surface area contributed by atoms with Crippen LogP contribution in [0, 0.1) is 11.6 Å². The van der Waals surface area contributed by atoms with Gasteiger partial charge in [0.1, 0.15) is 11.6 Å². The first-order chi connectivity index (χ1) is 8.58. The molecule has 0 unspecified atom stereocenters. The zero-order valence-electron chi connectivity index (χ0n) is 10.7. The van der Waals surface area contributed by atoms with Crippen LogP contribution in [0.4, 0.5) is 8.78 Å². The van der Waals surface area contributed by atoms with Gasteiger partial charge in [0.25, 0.3) is 5.91 Å². The lowest BCUT2D eigenvalue weighted by Gasteiger charge is -2.31. The Kier molecular flexibility index (Phi) is 5.69. The van der Waals surface area contributed by atoms with Crippen molar-refractivity contribution in [3.8, 4) is 0 Å². The number of piperidine rings is 1. The average molecular weight is 291 g/mol. The number of amides is 1. The van der Waals surface area contributed by atoms with Gasteiger partial charge in [0, 0.05) is 24.7 Å². The van der Waals surface area contributed by atoms with E-state index in [0.29, 0.717) is 0 Å². The number of benzene rings is 1. The largest absolute Gasteiger partial charge is 0.339 e. The number of nitrogens with one attached hydrogen (secondary N) is 1. The van der Waals surface area contributed by atoms with Gasteiger partial charge in [-0.15, -0.1) is 12.4 Å². The van der Waals surface area contributed by atoms with Crippen LogP contribution in [0.3, 0.4) is 0 Å². The fourth-order valence-corrected chi connectivity index (χ4v) is 2.24. The molecule has 0 aliphatic carbocycles. The summed E-state index contributed by atoms with van der Waals surface area (Å²) in [5.41, 5.74) is 0.0635. The summed E-state index contributed by atoms with van der Waals surface area (Å²) in [6.45, 7) is 1.72. The molecule has 1 saturated heterocycles. The highest BCUT2D eigenvalue weighted by Gasteiger charge is 2.23. The Morgan fingerprint density at radius 1 is 1.21 bits per heavy atom. The summed E-state index contributed by atoms with van der Waals surface area (Å²) >= 11 is 0. The zero-order valence-corrected chi connectivity index (χ0v) is 11.5. The second kappa shape index (κ2) is 6.82. The molecule has 19 heavy (non-hydrogen) atoms. The van der Waals surface area contributed by atoms with Gasteiger partial charge < -0.3 is 10.2 Å². The molecule has 0 radical (unpaired) electrons. The minimum Gasteiger partial charge on any atom is -0.339 e.